The number of rotatable bonds is 6. The van der Waals surface area contributed by atoms with Crippen molar-refractivity contribution in [2.24, 2.45) is 0 Å². The number of hydrogen-bond donors (Lipinski definition) is 2. The van der Waals surface area contributed by atoms with Gasteiger partial charge in [0.25, 0.3) is 0 Å². The van der Waals surface area contributed by atoms with Crippen LogP contribution in [0.3, 0.4) is 0 Å². The molecule has 2 aromatic rings. The lowest BCUT2D eigenvalue weighted by atomic mass is 10.1. The normalized spacial score (nSPS) is 12.3. The Labute approximate surface area is 112 Å². The molecule has 1 unspecified atom stereocenters. The Morgan fingerprint density at radius 3 is 2.56 bits per heavy atom. The van der Waals surface area contributed by atoms with Crippen molar-refractivity contribution in [3.63, 3.8) is 0 Å². The van der Waals surface area contributed by atoms with Gasteiger partial charge in [0, 0.05) is 18.3 Å². The highest BCUT2D eigenvalue weighted by atomic mass is 32.1. The molecule has 3 heteroatoms. The van der Waals surface area contributed by atoms with Gasteiger partial charge in [0.2, 0.25) is 0 Å². The van der Waals surface area contributed by atoms with Gasteiger partial charge in [0.05, 0.1) is 0 Å². The van der Waals surface area contributed by atoms with Crippen LogP contribution in [-0.4, -0.2) is 17.8 Å². The Morgan fingerprint density at radius 1 is 1.17 bits per heavy atom. The van der Waals surface area contributed by atoms with Gasteiger partial charge < -0.3 is 10.4 Å². The SMILES string of the molecule is CC(Cc1ccsc1)Nc1ccc(CCO)cc1. The summed E-state index contributed by atoms with van der Waals surface area (Å²) in [4.78, 5) is 0. The van der Waals surface area contributed by atoms with E-state index in [2.05, 4.69) is 53.3 Å². The Hall–Kier alpha value is -1.32. The van der Waals surface area contributed by atoms with Crippen molar-refractivity contribution < 1.29 is 5.11 Å². The van der Waals surface area contributed by atoms with Gasteiger partial charge in [0.15, 0.2) is 0 Å². The first-order valence-corrected chi connectivity index (χ1v) is 7.19. The van der Waals surface area contributed by atoms with Crippen molar-refractivity contribution >= 4 is 17.0 Å². The largest absolute Gasteiger partial charge is 0.396 e. The van der Waals surface area contributed by atoms with Crippen LogP contribution in [0.4, 0.5) is 5.69 Å². The van der Waals surface area contributed by atoms with Crippen molar-refractivity contribution in [3.8, 4) is 0 Å². The Morgan fingerprint density at radius 2 is 1.94 bits per heavy atom. The number of hydrogen-bond acceptors (Lipinski definition) is 3. The fourth-order valence-electron chi connectivity index (χ4n) is 1.99. The second-order valence-corrected chi connectivity index (χ2v) is 5.33. The second-order valence-electron chi connectivity index (χ2n) is 4.55. The van der Waals surface area contributed by atoms with Crippen LogP contribution in [0, 0.1) is 0 Å². The smallest absolute Gasteiger partial charge is 0.0471 e. The molecule has 1 heterocycles. The van der Waals surface area contributed by atoms with E-state index < -0.39 is 0 Å². The van der Waals surface area contributed by atoms with E-state index in [1.54, 1.807) is 11.3 Å². The maximum absolute atomic E-state index is 8.86. The minimum atomic E-state index is 0.210. The number of aliphatic hydroxyl groups is 1. The quantitative estimate of drug-likeness (QED) is 0.836. The molecule has 0 saturated heterocycles. The Balaban J connectivity index is 1.88. The maximum Gasteiger partial charge on any atom is 0.0471 e. The van der Waals surface area contributed by atoms with Gasteiger partial charge in [-0.05, 0) is 59.9 Å². The third-order valence-electron chi connectivity index (χ3n) is 2.89. The first-order chi connectivity index (χ1) is 8.78. The summed E-state index contributed by atoms with van der Waals surface area (Å²) in [7, 11) is 0. The van der Waals surface area contributed by atoms with Gasteiger partial charge in [-0.15, -0.1) is 0 Å². The molecule has 0 bridgehead atoms. The van der Waals surface area contributed by atoms with Gasteiger partial charge in [-0.2, -0.15) is 11.3 Å². The van der Waals surface area contributed by atoms with E-state index >= 15 is 0 Å². The lowest BCUT2D eigenvalue weighted by Gasteiger charge is -2.15. The third-order valence-corrected chi connectivity index (χ3v) is 3.62. The average molecular weight is 261 g/mol. The van der Waals surface area contributed by atoms with E-state index in [4.69, 9.17) is 5.11 Å². The number of anilines is 1. The fraction of sp³-hybridized carbons (Fsp3) is 0.333. The summed E-state index contributed by atoms with van der Waals surface area (Å²) in [6.45, 7) is 2.40. The van der Waals surface area contributed by atoms with E-state index in [0.29, 0.717) is 6.04 Å². The van der Waals surface area contributed by atoms with Gasteiger partial charge in [-0.1, -0.05) is 12.1 Å². The van der Waals surface area contributed by atoms with E-state index in [0.717, 1.165) is 18.5 Å². The zero-order valence-electron chi connectivity index (χ0n) is 10.6. The van der Waals surface area contributed by atoms with Crippen LogP contribution in [0.2, 0.25) is 0 Å². The minimum absolute atomic E-state index is 0.210. The number of thiophene rings is 1. The molecule has 0 aliphatic heterocycles. The molecule has 18 heavy (non-hydrogen) atoms. The van der Waals surface area contributed by atoms with Crippen LogP contribution in [0.5, 0.6) is 0 Å². The van der Waals surface area contributed by atoms with Gasteiger partial charge >= 0.3 is 0 Å². The first kappa shape index (κ1) is 13.1. The van der Waals surface area contributed by atoms with E-state index in [-0.39, 0.29) is 6.61 Å². The van der Waals surface area contributed by atoms with Crippen LogP contribution < -0.4 is 5.32 Å². The van der Waals surface area contributed by atoms with Crippen molar-refractivity contribution in [1.82, 2.24) is 0 Å². The summed E-state index contributed by atoms with van der Waals surface area (Å²) in [6.07, 6.45) is 1.77. The molecule has 2 nitrogen and oxygen atoms in total. The predicted molar refractivity (Wildman–Crippen MR) is 78.3 cm³/mol. The molecular formula is C15H19NOS. The zero-order chi connectivity index (χ0) is 12.8. The molecule has 0 fully saturated rings. The number of nitrogens with one attached hydrogen (secondary N) is 1. The molecule has 1 aromatic heterocycles. The predicted octanol–water partition coefficient (Wildman–Crippen LogP) is 3.33. The molecule has 0 saturated carbocycles. The molecule has 0 amide bonds. The third kappa shape index (κ3) is 3.86. The molecule has 1 atom stereocenters. The van der Waals surface area contributed by atoms with E-state index in [9.17, 15) is 0 Å². The monoisotopic (exact) mass is 261 g/mol. The minimum Gasteiger partial charge on any atom is -0.396 e. The summed E-state index contributed by atoms with van der Waals surface area (Å²) in [5, 5.41) is 16.7. The molecule has 0 radical (unpaired) electrons. The summed E-state index contributed by atoms with van der Waals surface area (Å²) in [6, 6.07) is 10.9. The van der Waals surface area contributed by atoms with Crippen LogP contribution in [0.15, 0.2) is 41.1 Å². The fourth-order valence-corrected chi connectivity index (χ4v) is 2.68. The average Bonchev–Trinajstić information content (AvgIpc) is 2.84. The van der Waals surface area contributed by atoms with Crippen LogP contribution in [0.1, 0.15) is 18.1 Å². The number of benzene rings is 1. The summed E-state index contributed by atoms with van der Waals surface area (Å²) in [5.41, 5.74) is 3.70. The topological polar surface area (TPSA) is 32.3 Å². The second kappa shape index (κ2) is 6.57. The van der Waals surface area contributed by atoms with Crippen molar-refractivity contribution in [2.75, 3.05) is 11.9 Å². The molecular weight excluding hydrogens is 242 g/mol. The van der Waals surface area contributed by atoms with Gasteiger partial charge in [-0.3, -0.25) is 0 Å². The van der Waals surface area contributed by atoms with Gasteiger partial charge in [-0.25, -0.2) is 0 Å². The number of aliphatic hydroxyl groups excluding tert-OH is 1. The summed E-state index contributed by atoms with van der Waals surface area (Å²) in [5.74, 6) is 0. The maximum atomic E-state index is 8.86. The van der Waals surface area contributed by atoms with Crippen molar-refractivity contribution in [2.45, 2.75) is 25.8 Å². The zero-order valence-corrected chi connectivity index (χ0v) is 11.4. The molecule has 2 N–H and O–H groups in total. The van der Waals surface area contributed by atoms with E-state index in [1.807, 2.05) is 0 Å². The van der Waals surface area contributed by atoms with Crippen LogP contribution >= 0.6 is 11.3 Å². The van der Waals surface area contributed by atoms with Gasteiger partial charge in [0.1, 0.15) is 0 Å². The standard InChI is InChI=1S/C15H19NOS/c1-12(10-14-7-9-18-11-14)16-15-4-2-13(3-5-15)6-8-17/h2-5,7,9,11-12,16-17H,6,8,10H2,1H3. The van der Waals surface area contributed by atoms with Crippen molar-refractivity contribution in [3.05, 3.63) is 52.2 Å². The van der Waals surface area contributed by atoms with Crippen molar-refractivity contribution in [1.29, 1.82) is 0 Å². The lowest BCUT2D eigenvalue weighted by Crippen LogP contribution is -2.17. The molecule has 96 valence electrons. The van der Waals surface area contributed by atoms with Crippen LogP contribution in [-0.2, 0) is 12.8 Å². The van der Waals surface area contributed by atoms with E-state index in [1.165, 1.54) is 11.1 Å². The Bertz CT molecular complexity index is 450. The molecule has 0 spiro atoms. The molecule has 0 aliphatic rings. The Kier molecular flexibility index (Phi) is 4.79. The first-order valence-electron chi connectivity index (χ1n) is 6.25. The highest BCUT2D eigenvalue weighted by Gasteiger charge is 2.04. The molecule has 1 aromatic carbocycles. The van der Waals surface area contributed by atoms with Crippen LogP contribution in [0.25, 0.3) is 0 Å². The summed E-state index contributed by atoms with van der Waals surface area (Å²) < 4.78 is 0. The molecule has 0 aliphatic carbocycles. The lowest BCUT2D eigenvalue weighted by molar-refractivity contribution is 0.299. The highest BCUT2D eigenvalue weighted by Crippen LogP contribution is 2.14. The highest BCUT2D eigenvalue weighted by molar-refractivity contribution is 7.07. The molecule has 2 rings (SSSR count). The summed E-state index contributed by atoms with van der Waals surface area (Å²) >= 11 is 1.74.